The molecule has 0 unspecified atom stereocenters. The number of nitrogens with zero attached hydrogens (tertiary/aromatic N) is 1. The van der Waals surface area contributed by atoms with Gasteiger partial charge in [0.25, 0.3) is 5.91 Å². The van der Waals surface area contributed by atoms with E-state index < -0.39 is 23.7 Å². The maximum atomic E-state index is 14.6. The van der Waals surface area contributed by atoms with Gasteiger partial charge in [0.05, 0.1) is 22.0 Å². The Hall–Kier alpha value is -3.40. The molecule has 1 atom stereocenters. The van der Waals surface area contributed by atoms with E-state index in [0.717, 1.165) is 11.6 Å². The quantitative estimate of drug-likeness (QED) is 0.273. The Bertz CT molecular complexity index is 965. The smallest absolute Gasteiger partial charge is 0.250 e. The molecule has 0 saturated carbocycles. The highest BCUT2D eigenvalue weighted by Crippen LogP contribution is 2.27. The van der Waals surface area contributed by atoms with Gasteiger partial charge >= 0.3 is 0 Å². The average Bonchev–Trinajstić information content (AvgIpc) is 2.63. The minimum atomic E-state index is -0.908. The van der Waals surface area contributed by atoms with E-state index >= 15 is 0 Å². The van der Waals surface area contributed by atoms with E-state index in [1.165, 1.54) is 12.1 Å². The highest BCUT2D eigenvalue weighted by Gasteiger charge is 2.20. The van der Waals surface area contributed by atoms with Gasteiger partial charge in [-0.3, -0.25) is 14.6 Å². The summed E-state index contributed by atoms with van der Waals surface area (Å²) in [5.74, 6) is -2.31. The number of hydrogen-bond acceptors (Lipinski definition) is 7. The summed E-state index contributed by atoms with van der Waals surface area (Å²) in [6, 6.07) is 4.77. The molecule has 7 N–H and O–H groups in total. The lowest BCUT2D eigenvalue weighted by Gasteiger charge is -2.19. The first-order valence-electron chi connectivity index (χ1n) is 8.48. The van der Waals surface area contributed by atoms with Gasteiger partial charge in [0.1, 0.15) is 11.9 Å². The topological polar surface area (TPSA) is 147 Å². The standard InChI is InChI=1S/C19H21FN6O2S/c1-10(21)6-17(29)26-14-9-15(13(20)8-12(14)18(22)27)25-16(19(23)28)7-11-2-4-24-5-3-11/h2-6,8-9,16,21,25-26,29H,7H2,1H3,(H2,22,27)(H2,23,28)/b17-6-,21-10?/t16-/m1/s1. The maximum absolute atomic E-state index is 14.6. The third-order valence-corrected chi connectivity index (χ3v) is 4.09. The van der Waals surface area contributed by atoms with Crippen molar-refractivity contribution < 1.29 is 14.0 Å². The fourth-order valence-electron chi connectivity index (χ4n) is 2.54. The summed E-state index contributed by atoms with van der Waals surface area (Å²) in [7, 11) is 0. The summed E-state index contributed by atoms with van der Waals surface area (Å²) in [6.07, 6.45) is 4.76. The summed E-state index contributed by atoms with van der Waals surface area (Å²) in [4.78, 5) is 27.5. The van der Waals surface area contributed by atoms with Crippen molar-refractivity contribution in [3.8, 4) is 0 Å². The molecule has 0 saturated heterocycles. The van der Waals surface area contributed by atoms with Crippen LogP contribution in [0.2, 0.25) is 0 Å². The number of carbonyl (C=O) groups excluding carboxylic acids is 2. The number of anilines is 2. The number of nitrogens with one attached hydrogen (secondary N) is 3. The Kier molecular flexibility index (Phi) is 7.32. The van der Waals surface area contributed by atoms with Gasteiger partial charge < -0.3 is 27.5 Å². The molecule has 8 nitrogen and oxygen atoms in total. The van der Waals surface area contributed by atoms with E-state index in [1.54, 1.807) is 31.5 Å². The largest absolute Gasteiger partial charge is 0.371 e. The number of nitrogens with two attached hydrogens (primary N) is 2. The van der Waals surface area contributed by atoms with Crippen LogP contribution in [0.1, 0.15) is 22.8 Å². The van der Waals surface area contributed by atoms with Crippen LogP contribution in [-0.2, 0) is 11.2 Å². The minimum Gasteiger partial charge on any atom is -0.371 e. The van der Waals surface area contributed by atoms with E-state index in [2.05, 4.69) is 28.2 Å². The molecule has 0 fully saturated rings. The van der Waals surface area contributed by atoms with E-state index in [4.69, 9.17) is 16.9 Å². The lowest BCUT2D eigenvalue weighted by atomic mass is 10.1. The van der Waals surface area contributed by atoms with Crippen LogP contribution in [0.4, 0.5) is 15.8 Å². The number of pyridine rings is 1. The summed E-state index contributed by atoms with van der Waals surface area (Å²) < 4.78 is 14.6. The number of carbonyl (C=O) groups is 2. The molecule has 0 spiro atoms. The summed E-state index contributed by atoms with van der Waals surface area (Å²) in [5.41, 5.74) is 11.8. The number of allylic oxidation sites excluding steroid dienone is 1. The molecule has 0 radical (unpaired) electrons. The Morgan fingerprint density at radius 2 is 1.93 bits per heavy atom. The van der Waals surface area contributed by atoms with Crippen LogP contribution >= 0.6 is 12.6 Å². The van der Waals surface area contributed by atoms with E-state index in [9.17, 15) is 14.0 Å². The zero-order valence-electron chi connectivity index (χ0n) is 15.6. The number of halogens is 1. The molecule has 1 aromatic heterocycles. The molecule has 1 heterocycles. The summed E-state index contributed by atoms with van der Waals surface area (Å²) >= 11 is 4.19. The summed E-state index contributed by atoms with van der Waals surface area (Å²) in [5, 5.41) is 13.3. The van der Waals surface area contributed by atoms with Gasteiger partial charge in [-0.25, -0.2) is 4.39 Å². The second kappa shape index (κ2) is 9.69. The molecule has 2 rings (SSSR count). The van der Waals surface area contributed by atoms with Crippen LogP contribution in [0.5, 0.6) is 0 Å². The van der Waals surface area contributed by atoms with Crippen molar-refractivity contribution in [3.05, 3.63) is 64.7 Å². The lowest BCUT2D eigenvalue weighted by Crippen LogP contribution is -2.37. The molecule has 0 bridgehead atoms. The van der Waals surface area contributed by atoms with E-state index in [0.29, 0.717) is 0 Å². The Labute approximate surface area is 172 Å². The van der Waals surface area contributed by atoms with Crippen LogP contribution in [0.25, 0.3) is 0 Å². The number of primary amides is 2. The summed E-state index contributed by atoms with van der Waals surface area (Å²) in [6.45, 7) is 1.54. The second-order valence-electron chi connectivity index (χ2n) is 6.24. The van der Waals surface area contributed by atoms with Crippen molar-refractivity contribution >= 4 is 41.5 Å². The number of thiol groups is 1. The third-order valence-electron chi connectivity index (χ3n) is 3.85. The van der Waals surface area contributed by atoms with Crippen LogP contribution < -0.4 is 22.1 Å². The number of aromatic nitrogens is 1. The molecule has 0 aliphatic rings. The van der Waals surface area contributed by atoms with E-state index in [1.807, 2.05) is 0 Å². The van der Waals surface area contributed by atoms with Gasteiger partial charge in [-0.05, 0) is 42.8 Å². The number of rotatable bonds is 9. The molecule has 2 amide bonds. The molecular weight excluding hydrogens is 395 g/mol. The molecule has 2 aromatic rings. The second-order valence-corrected chi connectivity index (χ2v) is 6.72. The number of amides is 2. The Morgan fingerprint density at radius 1 is 1.28 bits per heavy atom. The first kappa shape index (κ1) is 21.9. The van der Waals surface area contributed by atoms with Crippen molar-refractivity contribution in [2.24, 2.45) is 11.5 Å². The normalized spacial score (nSPS) is 12.2. The van der Waals surface area contributed by atoms with Gasteiger partial charge in [0, 0.05) is 24.5 Å². The van der Waals surface area contributed by atoms with Gasteiger partial charge in [-0.2, -0.15) is 0 Å². The predicted octanol–water partition coefficient (Wildman–Crippen LogP) is 2.05. The monoisotopic (exact) mass is 416 g/mol. The average molecular weight is 416 g/mol. The molecular formula is C19H21FN6O2S. The molecule has 1 aromatic carbocycles. The van der Waals surface area contributed by atoms with Gasteiger partial charge in [0.2, 0.25) is 5.91 Å². The van der Waals surface area contributed by atoms with Gasteiger partial charge in [0.15, 0.2) is 0 Å². The first-order chi connectivity index (χ1) is 13.7. The zero-order valence-corrected chi connectivity index (χ0v) is 16.5. The fraction of sp³-hybridized carbons (Fsp3) is 0.158. The highest BCUT2D eigenvalue weighted by molar-refractivity contribution is 7.84. The van der Waals surface area contributed by atoms with Crippen molar-refractivity contribution in [3.63, 3.8) is 0 Å². The minimum absolute atomic E-state index is 0.0527. The van der Waals surface area contributed by atoms with Gasteiger partial charge in [-0.1, -0.05) is 0 Å². The number of benzene rings is 1. The molecule has 0 aliphatic heterocycles. The zero-order chi connectivity index (χ0) is 21.6. The van der Waals surface area contributed by atoms with Crippen LogP contribution in [0, 0.1) is 11.2 Å². The SMILES string of the molecule is CC(=N)/C=C(\S)Nc1cc(N[C@H](Cc2ccncc2)C(N)=O)c(F)cc1C(N)=O. The van der Waals surface area contributed by atoms with Gasteiger partial charge in [-0.15, -0.1) is 12.6 Å². The Morgan fingerprint density at radius 3 is 2.48 bits per heavy atom. The van der Waals surface area contributed by atoms with Crippen molar-refractivity contribution in [1.82, 2.24) is 4.98 Å². The van der Waals surface area contributed by atoms with Crippen molar-refractivity contribution in [2.75, 3.05) is 10.6 Å². The fourth-order valence-corrected chi connectivity index (χ4v) is 2.85. The van der Waals surface area contributed by atoms with Crippen molar-refractivity contribution in [1.29, 1.82) is 5.41 Å². The maximum Gasteiger partial charge on any atom is 0.250 e. The molecule has 0 aliphatic carbocycles. The van der Waals surface area contributed by atoms with Crippen LogP contribution in [0.15, 0.2) is 47.8 Å². The molecule has 29 heavy (non-hydrogen) atoms. The lowest BCUT2D eigenvalue weighted by molar-refractivity contribution is -0.118. The molecule has 152 valence electrons. The van der Waals surface area contributed by atoms with Crippen LogP contribution in [-0.4, -0.2) is 28.6 Å². The first-order valence-corrected chi connectivity index (χ1v) is 8.93. The van der Waals surface area contributed by atoms with Crippen LogP contribution in [0.3, 0.4) is 0 Å². The molecule has 10 heteroatoms. The third kappa shape index (κ3) is 6.32. The number of hydrogen-bond donors (Lipinski definition) is 6. The highest BCUT2D eigenvalue weighted by atomic mass is 32.1. The van der Waals surface area contributed by atoms with E-state index in [-0.39, 0.29) is 34.1 Å². The Balaban J connectivity index is 2.37. The van der Waals surface area contributed by atoms with Crippen molar-refractivity contribution in [2.45, 2.75) is 19.4 Å². The predicted molar refractivity (Wildman–Crippen MR) is 114 cm³/mol.